The molecule has 0 saturated heterocycles. The molecule has 0 radical (unpaired) electrons. The maximum atomic E-state index is 13.0. The summed E-state index contributed by atoms with van der Waals surface area (Å²) in [4.78, 5) is 38.7. The lowest BCUT2D eigenvalue weighted by Crippen LogP contribution is -2.42. The van der Waals surface area contributed by atoms with E-state index in [1.54, 1.807) is 31.2 Å². The van der Waals surface area contributed by atoms with E-state index in [4.69, 9.17) is 5.10 Å². The van der Waals surface area contributed by atoms with Gasteiger partial charge in [-0.25, -0.2) is 4.79 Å². The Morgan fingerprint density at radius 1 is 0.865 bits per heavy atom. The first-order valence-corrected chi connectivity index (χ1v) is 12.2. The zero-order valence-electron chi connectivity index (χ0n) is 20.5. The van der Waals surface area contributed by atoms with Crippen LogP contribution in [0.25, 0.3) is 22.2 Å². The number of para-hydroxylation sites is 1. The van der Waals surface area contributed by atoms with E-state index >= 15 is 0 Å². The van der Waals surface area contributed by atoms with Crippen LogP contribution < -0.4 is 16.6 Å². The van der Waals surface area contributed by atoms with Crippen LogP contribution in [0.4, 0.5) is 0 Å². The Labute approximate surface area is 213 Å². The molecule has 3 aromatic carbocycles. The van der Waals surface area contributed by atoms with Gasteiger partial charge in [0.05, 0.1) is 23.1 Å². The number of hydrogen-bond acceptors (Lipinski definition) is 4. The zero-order valence-corrected chi connectivity index (χ0v) is 20.5. The van der Waals surface area contributed by atoms with Crippen LogP contribution in [-0.2, 0) is 31.0 Å². The molecule has 5 rings (SSSR count). The van der Waals surface area contributed by atoms with Crippen LogP contribution in [0.2, 0.25) is 0 Å². The molecule has 0 saturated carbocycles. The number of aromatic nitrogens is 4. The van der Waals surface area contributed by atoms with Gasteiger partial charge >= 0.3 is 5.69 Å². The van der Waals surface area contributed by atoms with Gasteiger partial charge in [-0.05, 0) is 24.6 Å². The van der Waals surface area contributed by atoms with E-state index in [2.05, 4.69) is 5.32 Å². The Morgan fingerprint density at radius 3 is 2.27 bits per heavy atom. The van der Waals surface area contributed by atoms with Crippen molar-refractivity contribution in [1.82, 2.24) is 24.2 Å². The summed E-state index contributed by atoms with van der Waals surface area (Å²) in [7, 11) is 0. The van der Waals surface area contributed by atoms with Gasteiger partial charge in [-0.1, -0.05) is 72.8 Å². The Kier molecular flexibility index (Phi) is 6.81. The molecule has 186 valence electrons. The molecule has 1 amide bonds. The van der Waals surface area contributed by atoms with Gasteiger partial charge in [-0.15, -0.1) is 0 Å². The second-order valence-electron chi connectivity index (χ2n) is 8.76. The summed E-state index contributed by atoms with van der Waals surface area (Å²) >= 11 is 0. The van der Waals surface area contributed by atoms with Crippen molar-refractivity contribution in [3.05, 3.63) is 123 Å². The summed E-state index contributed by atoms with van der Waals surface area (Å²) in [5.41, 5.74) is 3.33. The molecule has 0 spiro atoms. The minimum atomic E-state index is -0.498. The fraction of sp³-hybridized carbons (Fsp3) is 0.172. The number of rotatable bonds is 8. The normalized spacial score (nSPS) is 11.1. The van der Waals surface area contributed by atoms with Crippen molar-refractivity contribution in [2.24, 2.45) is 0 Å². The molecule has 0 aliphatic rings. The average molecular weight is 494 g/mol. The third-order valence-corrected chi connectivity index (χ3v) is 6.30. The van der Waals surface area contributed by atoms with Crippen LogP contribution in [0.1, 0.15) is 18.1 Å². The smallest absolute Gasteiger partial charge is 0.331 e. The third-order valence-electron chi connectivity index (χ3n) is 6.30. The molecule has 37 heavy (non-hydrogen) atoms. The number of carbonyl (C=O) groups excluding carboxylic acids is 1. The first-order chi connectivity index (χ1) is 18.0. The van der Waals surface area contributed by atoms with Gasteiger partial charge < -0.3 is 5.32 Å². The predicted molar refractivity (Wildman–Crippen MR) is 143 cm³/mol. The van der Waals surface area contributed by atoms with E-state index in [-0.39, 0.29) is 31.1 Å². The molecular weight excluding hydrogens is 466 g/mol. The lowest BCUT2D eigenvalue weighted by atomic mass is 10.1. The number of benzene rings is 3. The summed E-state index contributed by atoms with van der Waals surface area (Å²) in [6.07, 6.45) is 1.94. The highest BCUT2D eigenvalue weighted by atomic mass is 16.2. The van der Waals surface area contributed by atoms with Crippen molar-refractivity contribution in [2.75, 3.05) is 0 Å². The molecule has 1 N–H and O–H groups in total. The Morgan fingerprint density at radius 2 is 1.54 bits per heavy atom. The molecule has 0 unspecified atom stereocenters. The van der Waals surface area contributed by atoms with Crippen LogP contribution in [-0.4, -0.2) is 24.8 Å². The topological polar surface area (TPSA) is 90.9 Å². The first-order valence-electron chi connectivity index (χ1n) is 12.2. The van der Waals surface area contributed by atoms with Gasteiger partial charge in [0.2, 0.25) is 5.91 Å². The summed E-state index contributed by atoms with van der Waals surface area (Å²) in [6.45, 7) is 2.62. The lowest BCUT2D eigenvalue weighted by Gasteiger charge is -2.13. The minimum Gasteiger partial charge on any atom is -0.350 e. The largest absolute Gasteiger partial charge is 0.350 e. The Hall–Kier alpha value is -4.72. The van der Waals surface area contributed by atoms with Gasteiger partial charge in [-0.3, -0.25) is 23.4 Å². The number of nitrogens with zero attached hydrogens (tertiary/aromatic N) is 4. The third kappa shape index (κ3) is 4.99. The molecule has 2 aromatic heterocycles. The van der Waals surface area contributed by atoms with E-state index in [0.717, 1.165) is 27.0 Å². The molecule has 0 bridgehead atoms. The highest BCUT2D eigenvalue weighted by molar-refractivity contribution is 5.81. The van der Waals surface area contributed by atoms with Gasteiger partial charge in [0.25, 0.3) is 5.56 Å². The van der Waals surface area contributed by atoms with Gasteiger partial charge in [-0.2, -0.15) is 5.10 Å². The predicted octanol–water partition coefficient (Wildman–Crippen LogP) is 3.41. The molecule has 8 heteroatoms. The van der Waals surface area contributed by atoms with Crippen LogP contribution in [0.3, 0.4) is 0 Å². The molecule has 2 heterocycles. The van der Waals surface area contributed by atoms with Crippen molar-refractivity contribution >= 4 is 16.8 Å². The molecule has 0 atom stereocenters. The van der Waals surface area contributed by atoms with Crippen LogP contribution in [0.5, 0.6) is 0 Å². The fourth-order valence-corrected chi connectivity index (χ4v) is 4.48. The fourth-order valence-electron chi connectivity index (χ4n) is 4.48. The standard InChI is InChI=1S/C29H27N5O3/c1-2-33-28(36)24-15-9-10-16-25(24)34(29(33)37)20-26(35)30-17-23-19-32(18-21-11-5-3-6-12-21)31-27(23)22-13-7-4-8-14-22/h3-16,19H,2,17-18,20H2,1H3,(H,30,35). The summed E-state index contributed by atoms with van der Waals surface area (Å²) < 4.78 is 4.37. The molecule has 5 aromatic rings. The highest BCUT2D eigenvalue weighted by Crippen LogP contribution is 2.22. The maximum Gasteiger partial charge on any atom is 0.331 e. The van der Waals surface area contributed by atoms with Crippen molar-refractivity contribution in [2.45, 2.75) is 33.1 Å². The molecule has 0 aliphatic heterocycles. The summed E-state index contributed by atoms with van der Waals surface area (Å²) in [5, 5.41) is 8.14. The maximum absolute atomic E-state index is 13.0. The van der Waals surface area contributed by atoms with E-state index < -0.39 is 5.69 Å². The van der Waals surface area contributed by atoms with Crippen LogP contribution in [0, 0.1) is 0 Å². The van der Waals surface area contributed by atoms with Crippen molar-refractivity contribution in [3.63, 3.8) is 0 Å². The zero-order chi connectivity index (χ0) is 25.8. The minimum absolute atomic E-state index is 0.196. The number of carbonyl (C=O) groups is 1. The van der Waals surface area contributed by atoms with E-state index in [1.165, 1.54) is 4.57 Å². The van der Waals surface area contributed by atoms with Gasteiger partial charge in [0.15, 0.2) is 0 Å². The first kappa shape index (κ1) is 24.0. The van der Waals surface area contributed by atoms with E-state index in [1.807, 2.05) is 71.5 Å². The van der Waals surface area contributed by atoms with Crippen molar-refractivity contribution in [3.8, 4) is 11.3 Å². The highest BCUT2D eigenvalue weighted by Gasteiger charge is 2.16. The van der Waals surface area contributed by atoms with Crippen molar-refractivity contribution in [1.29, 1.82) is 0 Å². The summed E-state index contributed by atoms with van der Waals surface area (Å²) in [5.74, 6) is -0.330. The molecule has 8 nitrogen and oxygen atoms in total. The molecule has 0 fully saturated rings. The summed E-state index contributed by atoms with van der Waals surface area (Å²) in [6, 6.07) is 26.7. The molecular formula is C29H27N5O3. The Bertz CT molecular complexity index is 1670. The lowest BCUT2D eigenvalue weighted by molar-refractivity contribution is -0.121. The van der Waals surface area contributed by atoms with Gasteiger partial charge in [0, 0.05) is 30.4 Å². The number of nitrogens with one attached hydrogen (secondary N) is 1. The van der Waals surface area contributed by atoms with Gasteiger partial charge in [0.1, 0.15) is 6.54 Å². The number of amides is 1. The quantitative estimate of drug-likeness (QED) is 0.359. The van der Waals surface area contributed by atoms with E-state index in [9.17, 15) is 14.4 Å². The SMILES string of the molecule is CCn1c(=O)c2ccccc2n(CC(=O)NCc2cn(Cc3ccccc3)nc2-c2ccccc2)c1=O. The monoisotopic (exact) mass is 493 g/mol. The van der Waals surface area contributed by atoms with E-state index in [0.29, 0.717) is 17.4 Å². The van der Waals surface area contributed by atoms with Crippen LogP contribution >= 0.6 is 0 Å². The molecule has 0 aliphatic carbocycles. The van der Waals surface area contributed by atoms with Crippen molar-refractivity contribution < 1.29 is 4.79 Å². The van der Waals surface area contributed by atoms with Crippen LogP contribution in [0.15, 0.2) is 101 Å². The number of fused-ring (bicyclic) bond motifs is 1. The number of hydrogen-bond donors (Lipinski definition) is 1. The second kappa shape index (κ2) is 10.5. The Balaban J connectivity index is 1.41. The average Bonchev–Trinajstić information content (AvgIpc) is 3.33. The second-order valence-corrected chi connectivity index (χ2v) is 8.76.